The predicted molar refractivity (Wildman–Crippen MR) is 91.1 cm³/mol. The van der Waals surface area contributed by atoms with E-state index >= 15 is 0 Å². The number of pyridine rings is 1. The van der Waals surface area contributed by atoms with Crippen LogP contribution < -0.4 is 10.1 Å². The molecule has 1 aliphatic rings. The van der Waals surface area contributed by atoms with E-state index < -0.39 is 11.4 Å². The Bertz CT molecular complexity index is 773. The molecule has 0 spiro atoms. The van der Waals surface area contributed by atoms with Crippen LogP contribution in [0.15, 0.2) is 36.5 Å². The number of amides is 1. The first-order valence-electron chi connectivity index (χ1n) is 8.22. The average molecular weight is 344 g/mol. The van der Waals surface area contributed by atoms with Crippen molar-refractivity contribution < 1.29 is 18.7 Å². The Balaban J connectivity index is 1.98. The van der Waals surface area contributed by atoms with Crippen molar-refractivity contribution in [2.75, 3.05) is 20.3 Å². The van der Waals surface area contributed by atoms with Gasteiger partial charge in [0.15, 0.2) is 11.6 Å². The molecule has 0 aliphatic carbocycles. The van der Waals surface area contributed by atoms with E-state index in [-0.39, 0.29) is 11.7 Å². The van der Waals surface area contributed by atoms with Gasteiger partial charge in [-0.15, -0.1) is 0 Å². The van der Waals surface area contributed by atoms with Gasteiger partial charge in [0.05, 0.1) is 12.6 Å². The standard InChI is InChI=1S/C19H21FN2O3/c1-13-12-14(6-9-21-13)18(23)22-19(7-10-25-11-8-19)15-4-3-5-16(24-2)17(15)20/h3-6,9,12H,7-8,10-11H2,1-2H3,(H,22,23). The first-order chi connectivity index (χ1) is 12.1. The summed E-state index contributed by atoms with van der Waals surface area (Å²) in [7, 11) is 1.43. The summed E-state index contributed by atoms with van der Waals surface area (Å²) in [5.41, 5.74) is 0.850. The van der Waals surface area contributed by atoms with Crippen LogP contribution in [0.4, 0.5) is 4.39 Å². The van der Waals surface area contributed by atoms with Crippen LogP contribution >= 0.6 is 0 Å². The molecule has 0 unspecified atom stereocenters. The van der Waals surface area contributed by atoms with E-state index in [1.807, 2.05) is 6.92 Å². The van der Waals surface area contributed by atoms with Gasteiger partial charge in [0.1, 0.15) is 0 Å². The Morgan fingerprint density at radius 1 is 1.32 bits per heavy atom. The van der Waals surface area contributed by atoms with Crippen molar-refractivity contribution in [3.8, 4) is 5.75 Å². The lowest BCUT2D eigenvalue weighted by molar-refractivity contribution is 0.0331. The van der Waals surface area contributed by atoms with Gasteiger partial charge >= 0.3 is 0 Å². The van der Waals surface area contributed by atoms with E-state index in [1.165, 1.54) is 7.11 Å². The number of hydrogen-bond acceptors (Lipinski definition) is 4. The first-order valence-corrected chi connectivity index (χ1v) is 8.22. The molecular formula is C19H21FN2O3. The highest BCUT2D eigenvalue weighted by Gasteiger charge is 2.39. The molecule has 0 saturated carbocycles. The minimum atomic E-state index is -0.828. The number of carbonyl (C=O) groups excluding carboxylic acids is 1. The first kappa shape index (κ1) is 17.4. The number of aromatic nitrogens is 1. The number of hydrogen-bond donors (Lipinski definition) is 1. The lowest BCUT2D eigenvalue weighted by Gasteiger charge is -2.38. The Labute approximate surface area is 146 Å². The topological polar surface area (TPSA) is 60.5 Å². The van der Waals surface area contributed by atoms with Crippen LogP contribution in [0.1, 0.15) is 34.5 Å². The normalized spacial score (nSPS) is 16.3. The fraction of sp³-hybridized carbons (Fsp3) is 0.368. The maximum absolute atomic E-state index is 14.9. The molecule has 132 valence electrons. The van der Waals surface area contributed by atoms with Crippen molar-refractivity contribution in [1.82, 2.24) is 10.3 Å². The molecule has 2 aromatic rings. The number of rotatable bonds is 4. The summed E-state index contributed by atoms with van der Waals surface area (Å²) in [5.74, 6) is -0.537. The number of halogens is 1. The van der Waals surface area contributed by atoms with Crippen molar-refractivity contribution in [2.45, 2.75) is 25.3 Å². The van der Waals surface area contributed by atoms with E-state index in [9.17, 15) is 9.18 Å². The molecule has 6 heteroatoms. The van der Waals surface area contributed by atoms with Crippen molar-refractivity contribution in [3.63, 3.8) is 0 Å². The Hall–Kier alpha value is -2.47. The van der Waals surface area contributed by atoms with Crippen molar-refractivity contribution in [2.24, 2.45) is 0 Å². The molecule has 1 saturated heterocycles. The van der Waals surface area contributed by atoms with Gasteiger partial charge in [-0.25, -0.2) is 4.39 Å². The molecule has 1 N–H and O–H groups in total. The quantitative estimate of drug-likeness (QED) is 0.926. The Morgan fingerprint density at radius 2 is 2.08 bits per heavy atom. The smallest absolute Gasteiger partial charge is 0.252 e. The summed E-state index contributed by atoms with van der Waals surface area (Å²) in [6.07, 6.45) is 2.58. The third-order valence-corrected chi connectivity index (χ3v) is 4.56. The highest BCUT2D eigenvalue weighted by Crippen LogP contribution is 2.36. The maximum Gasteiger partial charge on any atom is 0.252 e. The van der Waals surface area contributed by atoms with Gasteiger partial charge in [-0.05, 0) is 38.0 Å². The fourth-order valence-corrected chi connectivity index (χ4v) is 3.20. The zero-order valence-electron chi connectivity index (χ0n) is 14.3. The van der Waals surface area contributed by atoms with Crippen molar-refractivity contribution in [3.05, 3.63) is 59.2 Å². The van der Waals surface area contributed by atoms with Crippen LogP contribution in [0.25, 0.3) is 0 Å². The third kappa shape index (κ3) is 3.49. The molecule has 0 radical (unpaired) electrons. The number of aryl methyl sites for hydroxylation is 1. The second-order valence-corrected chi connectivity index (χ2v) is 6.16. The number of nitrogens with one attached hydrogen (secondary N) is 1. The van der Waals surface area contributed by atoms with Crippen LogP contribution in [0.3, 0.4) is 0 Å². The molecule has 5 nitrogen and oxygen atoms in total. The van der Waals surface area contributed by atoms with Crippen LogP contribution in [-0.4, -0.2) is 31.2 Å². The van der Waals surface area contributed by atoms with Gasteiger partial charge in [0, 0.05) is 36.2 Å². The second kappa shape index (κ2) is 7.19. The van der Waals surface area contributed by atoms with Crippen molar-refractivity contribution >= 4 is 5.91 Å². The highest BCUT2D eigenvalue weighted by atomic mass is 19.1. The second-order valence-electron chi connectivity index (χ2n) is 6.16. The van der Waals surface area contributed by atoms with Gasteiger partial charge < -0.3 is 14.8 Å². The van der Waals surface area contributed by atoms with Gasteiger partial charge in [0.2, 0.25) is 0 Å². The molecule has 0 atom stereocenters. The molecule has 25 heavy (non-hydrogen) atoms. The molecule has 1 aliphatic heterocycles. The van der Waals surface area contributed by atoms with E-state index in [2.05, 4.69) is 10.3 Å². The van der Waals surface area contributed by atoms with E-state index in [4.69, 9.17) is 9.47 Å². The Morgan fingerprint density at radius 3 is 2.76 bits per heavy atom. The van der Waals surface area contributed by atoms with Crippen LogP contribution in [0.2, 0.25) is 0 Å². The minimum absolute atomic E-state index is 0.164. The predicted octanol–water partition coefficient (Wildman–Crippen LogP) is 2.97. The summed E-state index contributed by atoms with van der Waals surface area (Å²) < 4.78 is 25.4. The lowest BCUT2D eigenvalue weighted by Crippen LogP contribution is -2.50. The summed E-state index contributed by atoms with van der Waals surface area (Å²) in [6, 6.07) is 8.36. The van der Waals surface area contributed by atoms with Crippen LogP contribution in [-0.2, 0) is 10.3 Å². The monoisotopic (exact) mass is 344 g/mol. The van der Waals surface area contributed by atoms with Gasteiger partial charge in [-0.3, -0.25) is 9.78 Å². The zero-order chi connectivity index (χ0) is 17.9. The molecule has 0 bridgehead atoms. The largest absolute Gasteiger partial charge is 0.494 e. The molecule has 1 aromatic heterocycles. The highest BCUT2D eigenvalue weighted by molar-refractivity contribution is 5.94. The molecular weight excluding hydrogens is 323 g/mol. The summed E-state index contributed by atoms with van der Waals surface area (Å²) in [5, 5.41) is 3.04. The number of methoxy groups -OCH3 is 1. The van der Waals surface area contributed by atoms with E-state index in [0.29, 0.717) is 37.2 Å². The van der Waals surface area contributed by atoms with E-state index in [0.717, 1.165) is 5.69 Å². The third-order valence-electron chi connectivity index (χ3n) is 4.56. The van der Waals surface area contributed by atoms with Crippen molar-refractivity contribution in [1.29, 1.82) is 0 Å². The number of carbonyl (C=O) groups is 1. The fourth-order valence-electron chi connectivity index (χ4n) is 3.20. The summed E-state index contributed by atoms with van der Waals surface area (Å²) in [4.78, 5) is 16.9. The zero-order valence-corrected chi connectivity index (χ0v) is 14.3. The van der Waals surface area contributed by atoms with Gasteiger partial charge in [-0.2, -0.15) is 0 Å². The Kier molecular flexibility index (Phi) is 4.99. The van der Waals surface area contributed by atoms with Crippen LogP contribution in [0, 0.1) is 12.7 Å². The maximum atomic E-state index is 14.9. The molecule has 2 heterocycles. The molecule has 3 rings (SSSR count). The number of ether oxygens (including phenoxy) is 2. The van der Waals surface area contributed by atoms with Gasteiger partial charge in [-0.1, -0.05) is 12.1 Å². The minimum Gasteiger partial charge on any atom is -0.494 e. The summed E-state index contributed by atoms with van der Waals surface area (Å²) in [6.45, 7) is 2.72. The van der Waals surface area contributed by atoms with E-state index in [1.54, 1.807) is 36.5 Å². The molecule has 1 aromatic carbocycles. The lowest BCUT2D eigenvalue weighted by atomic mass is 9.82. The van der Waals surface area contributed by atoms with Gasteiger partial charge in [0.25, 0.3) is 5.91 Å². The average Bonchev–Trinajstić information content (AvgIpc) is 2.62. The summed E-state index contributed by atoms with van der Waals surface area (Å²) >= 11 is 0. The molecule has 1 amide bonds. The number of benzene rings is 1. The number of nitrogens with zero attached hydrogens (tertiary/aromatic N) is 1. The van der Waals surface area contributed by atoms with Crippen LogP contribution in [0.5, 0.6) is 5.75 Å². The molecule has 1 fully saturated rings. The SMILES string of the molecule is COc1cccc(C2(NC(=O)c3ccnc(C)c3)CCOCC2)c1F.